The molecule has 2 aromatic carbocycles. The monoisotopic (exact) mass is 484 g/mol. The fourth-order valence-electron chi connectivity index (χ4n) is 4.74. The van der Waals surface area contributed by atoms with E-state index in [0.29, 0.717) is 5.39 Å². The molecule has 0 aliphatic carbocycles. The molecule has 2 aromatic rings. The van der Waals surface area contributed by atoms with Gasteiger partial charge in [-0.1, -0.05) is 121 Å². The summed E-state index contributed by atoms with van der Waals surface area (Å²) in [5, 5.41) is 1.55. The summed E-state index contributed by atoms with van der Waals surface area (Å²) in [5.74, 6) is 0. The van der Waals surface area contributed by atoms with E-state index >= 15 is 0 Å². The molecule has 0 spiro atoms. The molecule has 0 bridgehead atoms. The molecule has 0 aromatic heterocycles. The van der Waals surface area contributed by atoms with Gasteiger partial charge in [0.1, 0.15) is 4.90 Å². The van der Waals surface area contributed by atoms with Gasteiger partial charge >= 0.3 is 29.6 Å². The summed E-state index contributed by atoms with van der Waals surface area (Å²) in [5.41, 5.74) is 1.96. The van der Waals surface area contributed by atoms with Crippen molar-refractivity contribution in [2.75, 3.05) is 0 Å². The first-order chi connectivity index (χ1) is 15.5. The summed E-state index contributed by atoms with van der Waals surface area (Å²) >= 11 is 0. The van der Waals surface area contributed by atoms with Crippen LogP contribution < -0.4 is 29.6 Å². The van der Waals surface area contributed by atoms with Crippen LogP contribution in [0, 0.1) is 0 Å². The molecular weight excluding hydrogens is 439 g/mol. The summed E-state index contributed by atoms with van der Waals surface area (Å²) in [7, 11) is -4.28. The third-order valence-corrected chi connectivity index (χ3v) is 7.52. The minimum atomic E-state index is -4.28. The van der Waals surface area contributed by atoms with Gasteiger partial charge < -0.3 is 1.43 Å². The van der Waals surface area contributed by atoms with Crippen molar-refractivity contribution in [3.63, 3.8) is 0 Å². The fourth-order valence-corrected chi connectivity index (χ4v) is 5.74. The number of aryl methyl sites for hydroxylation is 1. The van der Waals surface area contributed by atoms with E-state index in [1.807, 2.05) is 24.3 Å². The maximum Gasteiger partial charge on any atom is 1.00 e. The maximum atomic E-state index is 12.5. The largest absolute Gasteiger partial charge is 1.00 e. The molecule has 0 heterocycles. The van der Waals surface area contributed by atoms with Crippen molar-refractivity contribution < 1.29 is 44.0 Å². The van der Waals surface area contributed by atoms with E-state index < -0.39 is 10.1 Å². The van der Waals surface area contributed by atoms with Crippen molar-refractivity contribution in [2.24, 2.45) is 0 Å². The van der Waals surface area contributed by atoms with Crippen LogP contribution in [0.15, 0.2) is 35.2 Å². The second-order valence-corrected chi connectivity index (χ2v) is 10.6. The minimum Gasteiger partial charge on any atom is -1.00 e. The van der Waals surface area contributed by atoms with Crippen LogP contribution in [0.2, 0.25) is 0 Å². The third kappa shape index (κ3) is 10.8. The molecule has 0 atom stereocenters. The average Bonchev–Trinajstić information content (AvgIpc) is 2.76. The Balaban J connectivity index is 0.00000544. The zero-order valence-corrected chi connectivity index (χ0v) is 24.2. The Bertz CT molecular complexity index is 915. The normalized spacial score (nSPS) is 11.6. The first-order valence-corrected chi connectivity index (χ1v) is 14.4. The van der Waals surface area contributed by atoms with Gasteiger partial charge in [0.15, 0.2) is 0 Å². The van der Waals surface area contributed by atoms with Gasteiger partial charge in [-0.25, -0.2) is 0 Å². The van der Waals surface area contributed by atoms with Crippen molar-refractivity contribution in [3.05, 3.63) is 41.5 Å². The van der Waals surface area contributed by atoms with E-state index in [9.17, 15) is 13.0 Å². The van der Waals surface area contributed by atoms with Gasteiger partial charge in [-0.15, -0.1) is 0 Å². The van der Waals surface area contributed by atoms with Gasteiger partial charge in [0.05, 0.1) is 0 Å². The molecule has 0 saturated carbocycles. The van der Waals surface area contributed by atoms with Crippen LogP contribution in [0.3, 0.4) is 0 Å². The molecule has 33 heavy (non-hydrogen) atoms. The first-order valence-electron chi connectivity index (χ1n) is 13.0. The molecule has 0 amide bonds. The van der Waals surface area contributed by atoms with Crippen molar-refractivity contribution in [1.82, 2.24) is 0 Å². The summed E-state index contributed by atoms with van der Waals surface area (Å²) in [6, 6.07) is 9.73. The Morgan fingerprint density at radius 3 is 1.76 bits per heavy atom. The van der Waals surface area contributed by atoms with E-state index in [0.717, 1.165) is 48.6 Å². The molecule has 0 fully saturated rings. The van der Waals surface area contributed by atoms with E-state index in [1.54, 1.807) is 0 Å². The number of unbranched alkanes of at least 4 members (excludes halogenated alkanes) is 12. The first kappa shape index (κ1) is 30.6. The van der Waals surface area contributed by atoms with Crippen LogP contribution in [0.1, 0.15) is 116 Å². The van der Waals surface area contributed by atoms with Crippen LogP contribution in [0.5, 0.6) is 0 Å². The predicted molar refractivity (Wildman–Crippen MR) is 138 cm³/mol. The smallest absolute Gasteiger partial charge is 1.00 e. The Morgan fingerprint density at radius 1 is 0.727 bits per heavy atom. The van der Waals surface area contributed by atoms with Gasteiger partial charge in [-0.05, 0) is 42.2 Å². The van der Waals surface area contributed by atoms with Gasteiger partial charge in [-0.2, -0.15) is 8.42 Å². The second kappa shape index (κ2) is 17.1. The van der Waals surface area contributed by atoms with Gasteiger partial charge in [0, 0.05) is 5.39 Å². The molecule has 0 unspecified atom stereocenters. The SMILES string of the molecule is CCCCCCCCCc1cc2ccccc2c(S(=O)(=O)O)c1CCCCCCCCC.[H-].[Na+]. The summed E-state index contributed by atoms with van der Waals surface area (Å²) in [4.78, 5) is 0.152. The molecule has 3 nitrogen and oxygen atoms in total. The molecule has 0 aliphatic rings. The van der Waals surface area contributed by atoms with E-state index in [2.05, 4.69) is 19.9 Å². The van der Waals surface area contributed by atoms with Crippen LogP contribution in [-0.4, -0.2) is 13.0 Å². The Kier molecular flexibility index (Phi) is 15.9. The fraction of sp³-hybridized carbons (Fsp3) is 0.643. The maximum absolute atomic E-state index is 12.5. The summed E-state index contributed by atoms with van der Waals surface area (Å²) in [6.45, 7) is 4.46. The topological polar surface area (TPSA) is 54.4 Å². The molecule has 0 radical (unpaired) electrons. The average molecular weight is 485 g/mol. The Labute approximate surface area is 226 Å². The molecule has 0 saturated heterocycles. The Hall–Kier alpha value is -0.390. The van der Waals surface area contributed by atoms with Crippen LogP contribution in [-0.2, 0) is 23.0 Å². The van der Waals surface area contributed by atoms with Crippen molar-refractivity contribution in [3.8, 4) is 0 Å². The second-order valence-electron chi connectivity index (χ2n) is 9.28. The van der Waals surface area contributed by atoms with E-state index in [1.165, 1.54) is 70.6 Å². The van der Waals surface area contributed by atoms with E-state index in [-0.39, 0.29) is 35.9 Å². The standard InChI is InChI=1S/C28H44O3S.Na.H/c1-3-5-7-9-11-13-15-19-24-23-25-20-17-18-22-27(25)28(32(29,30)31)26(24)21-16-14-12-10-8-6-4-2;;/h17-18,20,22-23H,3-16,19,21H2,1-2H3,(H,29,30,31);;/q;+1;-1. The quantitative estimate of drug-likeness (QED) is 0.176. The van der Waals surface area contributed by atoms with E-state index in [4.69, 9.17) is 0 Å². The number of hydrogen-bond acceptors (Lipinski definition) is 2. The number of benzene rings is 2. The number of hydrogen-bond donors (Lipinski definition) is 1. The number of rotatable bonds is 17. The minimum absolute atomic E-state index is 0. The molecule has 1 N–H and O–H groups in total. The third-order valence-electron chi connectivity index (χ3n) is 6.53. The summed E-state index contributed by atoms with van der Waals surface area (Å²) in [6.07, 6.45) is 18.6. The van der Waals surface area contributed by atoms with Gasteiger partial charge in [0.25, 0.3) is 10.1 Å². The predicted octanol–water partition coefficient (Wildman–Crippen LogP) is 5.79. The van der Waals surface area contributed by atoms with Crippen molar-refractivity contribution in [2.45, 2.75) is 121 Å². The zero-order valence-electron chi connectivity index (χ0n) is 22.4. The molecular formula is C28H45NaO3S. The number of fused-ring (bicyclic) bond motifs is 1. The van der Waals surface area contributed by atoms with Crippen LogP contribution in [0.4, 0.5) is 0 Å². The van der Waals surface area contributed by atoms with Crippen LogP contribution >= 0.6 is 0 Å². The molecule has 182 valence electrons. The van der Waals surface area contributed by atoms with Gasteiger partial charge in [-0.3, -0.25) is 4.55 Å². The van der Waals surface area contributed by atoms with Crippen LogP contribution in [0.25, 0.3) is 10.8 Å². The molecule has 5 heteroatoms. The Morgan fingerprint density at radius 2 is 1.21 bits per heavy atom. The molecule has 2 rings (SSSR count). The zero-order chi connectivity index (χ0) is 23.2. The summed E-state index contributed by atoms with van der Waals surface area (Å²) < 4.78 is 35.1. The van der Waals surface area contributed by atoms with Gasteiger partial charge in [0.2, 0.25) is 0 Å². The van der Waals surface area contributed by atoms with Crippen molar-refractivity contribution in [1.29, 1.82) is 0 Å². The molecule has 0 aliphatic heterocycles. The van der Waals surface area contributed by atoms with Crippen molar-refractivity contribution >= 4 is 20.9 Å².